The fourth-order valence-corrected chi connectivity index (χ4v) is 4.62. The summed E-state index contributed by atoms with van der Waals surface area (Å²) in [6.07, 6.45) is 0. The highest BCUT2D eigenvalue weighted by Crippen LogP contribution is 2.27. The van der Waals surface area contributed by atoms with E-state index in [4.69, 9.17) is 21.1 Å². The molecule has 0 amide bonds. The number of aromatic nitrogens is 3. The molecule has 0 unspecified atom stereocenters. The number of nitrogens with zero attached hydrogens (tertiary/aromatic N) is 3. The predicted octanol–water partition coefficient (Wildman–Crippen LogP) is 6.03. The number of fused-ring (bicyclic) bond motifs is 1. The lowest BCUT2D eigenvalue weighted by Gasteiger charge is -2.09. The molecule has 3 aromatic carbocycles. The number of nitrogens with one attached hydrogen (secondary N) is 1. The molecule has 0 bridgehead atoms. The van der Waals surface area contributed by atoms with E-state index in [9.17, 15) is 4.79 Å². The third-order valence-corrected chi connectivity index (χ3v) is 6.49. The Hall–Kier alpha value is -3.88. The lowest BCUT2D eigenvalue weighted by molar-refractivity contribution is 0.333. The highest BCUT2D eigenvalue weighted by Gasteiger charge is 2.14. The van der Waals surface area contributed by atoms with E-state index in [1.165, 1.54) is 11.3 Å². The molecule has 5 aromatic rings. The summed E-state index contributed by atoms with van der Waals surface area (Å²) in [5.74, 6) is 1.51. The van der Waals surface area contributed by atoms with Crippen molar-refractivity contribution in [3.63, 3.8) is 0 Å². The SMILES string of the molecule is CCOc1ccc(-c2nn3c(-c4ccc(OCCNc5ccc(Cl)cc5)cc4)csc3nc2=O)cc1. The second kappa shape index (κ2) is 10.8. The fraction of sp³-hybridized carbons (Fsp3) is 0.148. The molecule has 2 aromatic heterocycles. The van der Waals surface area contributed by atoms with E-state index in [1.807, 2.05) is 85.1 Å². The van der Waals surface area contributed by atoms with Gasteiger partial charge in [0.25, 0.3) is 0 Å². The number of hydrogen-bond donors (Lipinski definition) is 1. The number of rotatable bonds is 9. The second-order valence-corrected chi connectivity index (χ2v) is 9.12. The molecule has 0 aliphatic heterocycles. The molecule has 0 fully saturated rings. The van der Waals surface area contributed by atoms with E-state index < -0.39 is 0 Å². The van der Waals surface area contributed by atoms with E-state index in [0.717, 1.165) is 28.4 Å². The molecule has 5 rings (SSSR count). The molecule has 0 saturated carbocycles. The predicted molar refractivity (Wildman–Crippen MR) is 145 cm³/mol. The van der Waals surface area contributed by atoms with Crippen molar-refractivity contribution >= 4 is 33.6 Å². The Morgan fingerprint density at radius 2 is 1.58 bits per heavy atom. The first-order valence-corrected chi connectivity index (χ1v) is 12.7. The monoisotopic (exact) mass is 518 g/mol. The number of thiazole rings is 1. The molecule has 36 heavy (non-hydrogen) atoms. The van der Waals surface area contributed by atoms with Crippen LogP contribution in [-0.4, -0.2) is 34.4 Å². The van der Waals surface area contributed by atoms with Gasteiger partial charge in [-0.3, -0.25) is 4.79 Å². The van der Waals surface area contributed by atoms with E-state index in [1.54, 1.807) is 4.52 Å². The average Bonchev–Trinajstić information content (AvgIpc) is 3.31. The molecule has 0 spiro atoms. The standard InChI is InChI=1S/C27H23ClN4O3S/c1-2-34-22-13-5-19(6-14-22)25-26(33)30-27-32(31-25)24(17-36-27)18-3-11-23(12-4-18)35-16-15-29-21-9-7-20(28)8-10-21/h3-14,17,29H,2,15-16H2,1H3. The van der Waals surface area contributed by atoms with Crippen LogP contribution in [0.1, 0.15) is 6.92 Å². The maximum Gasteiger partial charge on any atom is 0.300 e. The van der Waals surface area contributed by atoms with Crippen molar-refractivity contribution in [2.24, 2.45) is 0 Å². The fourth-order valence-electron chi connectivity index (χ4n) is 3.67. The molecule has 0 aliphatic carbocycles. The minimum absolute atomic E-state index is 0.295. The van der Waals surface area contributed by atoms with E-state index >= 15 is 0 Å². The Morgan fingerprint density at radius 3 is 2.28 bits per heavy atom. The van der Waals surface area contributed by atoms with Crippen molar-refractivity contribution in [1.82, 2.24) is 14.6 Å². The molecule has 182 valence electrons. The van der Waals surface area contributed by atoms with Gasteiger partial charge < -0.3 is 14.8 Å². The summed E-state index contributed by atoms with van der Waals surface area (Å²) < 4.78 is 13.1. The van der Waals surface area contributed by atoms with Crippen LogP contribution in [0, 0.1) is 0 Å². The number of halogens is 1. The van der Waals surface area contributed by atoms with Crippen LogP contribution in [0.2, 0.25) is 5.02 Å². The average molecular weight is 519 g/mol. The zero-order valence-corrected chi connectivity index (χ0v) is 21.1. The van der Waals surface area contributed by atoms with Crippen LogP contribution >= 0.6 is 22.9 Å². The summed E-state index contributed by atoms with van der Waals surface area (Å²) in [7, 11) is 0. The molecule has 0 atom stereocenters. The van der Waals surface area contributed by atoms with Crippen molar-refractivity contribution in [3.8, 4) is 34.0 Å². The summed E-state index contributed by atoms with van der Waals surface area (Å²) in [4.78, 5) is 17.4. The van der Waals surface area contributed by atoms with Gasteiger partial charge in [0.15, 0.2) is 5.69 Å². The van der Waals surface area contributed by atoms with Crippen LogP contribution in [0.25, 0.3) is 27.5 Å². The minimum atomic E-state index is -0.358. The van der Waals surface area contributed by atoms with Gasteiger partial charge >= 0.3 is 5.56 Å². The molecule has 0 saturated heterocycles. The third-order valence-electron chi connectivity index (χ3n) is 5.42. The Balaban J connectivity index is 1.30. The number of hydrogen-bond acceptors (Lipinski definition) is 7. The Bertz CT molecular complexity index is 1510. The van der Waals surface area contributed by atoms with Gasteiger partial charge in [0.2, 0.25) is 4.96 Å². The van der Waals surface area contributed by atoms with Crippen LogP contribution < -0.4 is 20.3 Å². The smallest absolute Gasteiger partial charge is 0.300 e. The van der Waals surface area contributed by atoms with Crippen molar-refractivity contribution < 1.29 is 9.47 Å². The molecule has 0 radical (unpaired) electrons. The van der Waals surface area contributed by atoms with E-state index in [2.05, 4.69) is 15.4 Å². The highest BCUT2D eigenvalue weighted by atomic mass is 35.5. The maximum absolute atomic E-state index is 12.6. The lowest BCUT2D eigenvalue weighted by Crippen LogP contribution is -2.14. The van der Waals surface area contributed by atoms with Crippen LogP contribution in [0.4, 0.5) is 5.69 Å². The molecule has 7 nitrogen and oxygen atoms in total. The van der Waals surface area contributed by atoms with Gasteiger partial charge in [0, 0.05) is 33.8 Å². The van der Waals surface area contributed by atoms with Crippen molar-refractivity contribution in [2.75, 3.05) is 25.1 Å². The summed E-state index contributed by atoms with van der Waals surface area (Å²) in [6, 6.07) is 22.6. The number of anilines is 1. The van der Waals surface area contributed by atoms with Gasteiger partial charge in [-0.25, -0.2) is 4.52 Å². The molecular formula is C27H23ClN4O3S. The van der Waals surface area contributed by atoms with Crippen molar-refractivity contribution in [1.29, 1.82) is 0 Å². The van der Waals surface area contributed by atoms with Crippen LogP contribution in [0.3, 0.4) is 0 Å². The quantitative estimate of drug-likeness (QED) is 0.240. The van der Waals surface area contributed by atoms with Crippen molar-refractivity contribution in [2.45, 2.75) is 6.92 Å². The Kier molecular flexibility index (Phi) is 7.16. The summed E-state index contributed by atoms with van der Waals surface area (Å²) >= 11 is 7.29. The summed E-state index contributed by atoms with van der Waals surface area (Å²) in [5.41, 5.74) is 3.42. The van der Waals surface area contributed by atoms with Gasteiger partial charge in [0.05, 0.1) is 12.3 Å². The first kappa shape index (κ1) is 23.8. The van der Waals surface area contributed by atoms with Gasteiger partial charge in [-0.05, 0) is 79.7 Å². The maximum atomic E-state index is 12.6. The highest BCUT2D eigenvalue weighted by molar-refractivity contribution is 7.15. The normalized spacial score (nSPS) is 10.9. The topological polar surface area (TPSA) is 77.8 Å². The summed E-state index contributed by atoms with van der Waals surface area (Å²) in [6.45, 7) is 3.68. The van der Waals surface area contributed by atoms with E-state index in [-0.39, 0.29) is 5.56 Å². The number of ether oxygens (including phenoxy) is 2. The van der Waals surface area contributed by atoms with Gasteiger partial charge in [-0.2, -0.15) is 10.1 Å². The summed E-state index contributed by atoms with van der Waals surface area (Å²) in [5, 5.41) is 10.6. The Labute approximate surface area is 216 Å². The van der Waals surface area contributed by atoms with Crippen LogP contribution in [0.5, 0.6) is 11.5 Å². The third kappa shape index (κ3) is 5.35. The first-order chi connectivity index (χ1) is 17.6. The van der Waals surface area contributed by atoms with Gasteiger partial charge in [-0.1, -0.05) is 11.6 Å². The zero-order valence-electron chi connectivity index (χ0n) is 19.5. The molecule has 9 heteroatoms. The molecule has 0 aliphatic rings. The molecular weight excluding hydrogens is 496 g/mol. The van der Waals surface area contributed by atoms with Gasteiger partial charge in [-0.15, -0.1) is 11.3 Å². The van der Waals surface area contributed by atoms with Gasteiger partial charge in [0.1, 0.15) is 18.1 Å². The van der Waals surface area contributed by atoms with Crippen molar-refractivity contribution in [3.05, 3.63) is 93.6 Å². The van der Waals surface area contributed by atoms with Crippen LogP contribution in [0.15, 0.2) is 83.0 Å². The minimum Gasteiger partial charge on any atom is -0.494 e. The second-order valence-electron chi connectivity index (χ2n) is 7.84. The number of benzene rings is 3. The molecule has 1 N–H and O–H groups in total. The lowest BCUT2D eigenvalue weighted by atomic mass is 10.1. The molecule has 2 heterocycles. The van der Waals surface area contributed by atoms with Crippen LogP contribution in [-0.2, 0) is 0 Å². The Morgan fingerprint density at radius 1 is 0.917 bits per heavy atom. The zero-order chi connectivity index (χ0) is 24.9. The first-order valence-electron chi connectivity index (χ1n) is 11.5. The largest absolute Gasteiger partial charge is 0.494 e. The van der Waals surface area contributed by atoms with E-state index in [0.29, 0.717) is 41.0 Å².